The molecule has 6 heteroatoms. The van der Waals surface area contributed by atoms with Gasteiger partial charge in [-0.3, -0.25) is 0 Å². The van der Waals surface area contributed by atoms with Gasteiger partial charge in [0.2, 0.25) is 0 Å². The molecule has 0 amide bonds. The van der Waals surface area contributed by atoms with E-state index in [1.807, 2.05) is 18.2 Å². The molecule has 0 heterocycles. The summed E-state index contributed by atoms with van der Waals surface area (Å²) >= 11 is 3.33. The van der Waals surface area contributed by atoms with Gasteiger partial charge >= 0.3 is 6.18 Å². The fourth-order valence-corrected chi connectivity index (χ4v) is 1.87. The largest absolute Gasteiger partial charge is 0.416 e. The molecular formula is C13H10BrF3N2. The third-order valence-electron chi connectivity index (χ3n) is 2.55. The lowest BCUT2D eigenvalue weighted by molar-refractivity contribution is -0.137. The van der Waals surface area contributed by atoms with Crippen molar-refractivity contribution in [2.24, 2.45) is 10.2 Å². The predicted molar refractivity (Wildman–Crippen MR) is 70.5 cm³/mol. The Morgan fingerprint density at radius 3 is 2.37 bits per heavy atom. The van der Waals surface area contributed by atoms with Gasteiger partial charge in [-0.1, -0.05) is 34.2 Å². The minimum absolute atomic E-state index is 0.0661. The molecule has 0 N–H and O–H groups in total. The number of hydrogen-bond donors (Lipinski definition) is 0. The number of benzene rings is 1. The summed E-state index contributed by atoms with van der Waals surface area (Å²) in [5, 5.41) is 8.01. The van der Waals surface area contributed by atoms with E-state index < -0.39 is 11.7 Å². The van der Waals surface area contributed by atoms with Crippen LogP contribution in [0.25, 0.3) is 0 Å². The van der Waals surface area contributed by atoms with E-state index >= 15 is 0 Å². The Balaban J connectivity index is 2.02. The number of nitrogens with zero attached hydrogens (tertiary/aromatic N) is 2. The second-order valence-electron chi connectivity index (χ2n) is 4.01. The molecular weight excluding hydrogens is 321 g/mol. The Morgan fingerprint density at radius 1 is 1.16 bits per heavy atom. The SMILES string of the molecule is FC(F)(F)c1ccc(N=NC2C=CC(Br)=CC2)cc1. The van der Waals surface area contributed by atoms with Crippen LogP contribution >= 0.6 is 15.9 Å². The summed E-state index contributed by atoms with van der Waals surface area (Å²) in [4.78, 5) is 0. The van der Waals surface area contributed by atoms with Crippen LogP contribution in [0.2, 0.25) is 0 Å². The van der Waals surface area contributed by atoms with Gasteiger partial charge in [-0.25, -0.2) is 0 Å². The standard InChI is InChI=1S/C13H10BrF3N2/c14-10-3-7-12(8-4-10)19-18-11-5-1-9(2-6-11)13(15,16)17/h1-7,12H,8H2. The zero-order valence-corrected chi connectivity index (χ0v) is 11.3. The van der Waals surface area contributed by atoms with Crippen LogP contribution in [0.3, 0.4) is 0 Å². The van der Waals surface area contributed by atoms with E-state index in [9.17, 15) is 13.2 Å². The summed E-state index contributed by atoms with van der Waals surface area (Å²) in [5.74, 6) is 0. The van der Waals surface area contributed by atoms with Crippen molar-refractivity contribution in [1.29, 1.82) is 0 Å². The molecule has 0 aliphatic heterocycles. The summed E-state index contributed by atoms with van der Waals surface area (Å²) in [6.45, 7) is 0. The summed E-state index contributed by atoms with van der Waals surface area (Å²) in [5.41, 5.74) is -0.272. The molecule has 0 radical (unpaired) electrons. The zero-order valence-electron chi connectivity index (χ0n) is 9.73. The van der Waals surface area contributed by atoms with Crippen molar-refractivity contribution < 1.29 is 13.2 Å². The molecule has 1 aliphatic rings. The van der Waals surface area contributed by atoms with Crippen molar-refractivity contribution in [3.05, 3.63) is 52.5 Å². The summed E-state index contributed by atoms with van der Waals surface area (Å²) in [7, 11) is 0. The number of alkyl halides is 3. The second kappa shape index (κ2) is 5.69. The van der Waals surface area contributed by atoms with Crippen molar-refractivity contribution >= 4 is 21.6 Å². The molecule has 0 saturated heterocycles. The van der Waals surface area contributed by atoms with Crippen LogP contribution in [-0.2, 0) is 6.18 Å². The van der Waals surface area contributed by atoms with Crippen LogP contribution in [0.15, 0.2) is 57.2 Å². The van der Waals surface area contributed by atoms with Crippen molar-refractivity contribution in [2.45, 2.75) is 18.6 Å². The average Bonchev–Trinajstić information content (AvgIpc) is 2.37. The molecule has 0 fully saturated rings. The molecule has 1 aromatic carbocycles. The molecule has 1 unspecified atom stereocenters. The molecule has 2 nitrogen and oxygen atoms in total. The van der Waals surface area contributed by atoms with Crippen LogP contribution in [0.4, 0.5) is 18.9 Å². The number of halogens is 4. The highest BCUT2D eigenvalue weighted by molar-refractivity contribution is 9.11. The maximum atomic E-state index is 12.4. The van der Waals surface area contributed by atoms with Gasteiger partial charge in [-0.05, 0) is 30.7 Å². The van der Waals surface area contributed by atoms with E-state index in [1.54, 1.807) is 0 Å². The molecule has 0 aromatic heterocycles. The van der Waals surface area contributed by atoms with Gasteiger partial charge in [0, 0.05) is 4.48 Å². The quantitative estimate of drug-likeness (QED) is 0.649. The Hall–Kier alpha value is -1.43. The summed E-state index contributed by atoms with van der Waals surface area (Å²) in [6, 6.07) is 4.56. The van der Waals surface area contributed by atoms with Gasteiger partial charge in [0.25, 0.3) is 0 Å². The predicted octanol–water partition coefficient (Wildman–Crippen LogP) is 5.40. The van der Waals surface area contributed by atoms with Gasteiger partial charge in [-0.15, -0.1) is 0 Å². The fraction of sp³-hybridized carbons (Fsp3) is 0.231. The van der Waals surface area contributed by atoms with Gasteiger partial charge in [0.05, 0.1) is 17.3 Å². The summed E-state index contributed by atoms with van der Waals surface area (Å²) in [6.07, 6.45) is 2.13. The molecule has 1 aromatic rings. The lowest BCUT2D eigenvalue weighted by Gasteiger charge is -2.08. The van der Waals surface area contributed by atoms with E-state index in [0.29, 0.717) is 5.69 Å². The first-order valence-corrected chi connectivity index (χ1v) is 6.36. The number of azo groups is 1. The van der Waals surface area contributed by atoms with Crippen LogP contribution in [0.1, 0.15) is 12.0 Å². The first kappa shape index (κ1) is 14.0. The maximum Gasteiger partial charge on any atom is 0.416 e. The topological polar surface area (TPSA) is 24.7 Å². The lowest BCUT2D eigenvalue weighted by Crippen LogP contribution is -2.03. The molecule has 1 aliphatic carbocycles. The average molecular weight is 331 g/mol. The van der Waals surface area contributed by atoms with Gasteiger partial charge in [0.1, 0.15) is 0 Å². The monoisotopic (exact) mass is 330 g/mol. The highest BCUT2D eigenvalue weighted by Gasteiger charge is 2.29. The van der Waals surface area contributed by atoms with Crippen molar-refractivity contribution in [1.82, 2.24) is 0 Å². The molecule has 0 bridgehead atoms. The van der Waals surface area contributed by atoms with Crippen LogP contribution in [-0.4, -0.2) is 6.04 Å². The highest BCUT2D eigenvalue weighted by atomic mass is 79.9. The first-order valence-electron chi connectivity index (χ1n) is 5.57. The van der Waals surface area contributed by atoms with E-state index in [0.717, 1.165) is 23.0 Å². The third kappa shape index (κ3) is 4.02. The lowest BCUT2D eigenvalue weighted by atomic mass is 10.1. The van der Waals surface area contributed by atoms with Crippen molar-refractivity contribution in [3.8, 4) is 0 Å². The number of rotatable bonds is 2. The van der Waals surface area contributed by atoms with Crippen molar-refractivity contribution in [3.63, 3.8) is 0 Å². The van der Waals surface area contributed by atoms with Crippen LogP contribution in [0, 0.1) is 0 Å². The Bertz CT molecular complexity index is 530. The van der Waals surface area contributed by atoms with Gasteiger partial charge in [0.15, 0.2) is 0 Å². The molecule has 0 saturated carbocycles. The molecule has 1 atom stereocenters. The van der Waals surface area contributed by atoms with E-state index in [4.69, 9.17) is 0 Å². The Kier molecular flexibility index (Phi) is 4.19. The number of hydrogen-bond acceptors (Lipinski definition) is 2. The van der Waals surface area contributed by atoms with Crippen LogP contribution < -0.4 is 0 Å². The van der Waals surface area contributed by atoms with Gasteiger partial charge in [-0.2, -0.15) is 23.4 Å². The Morgan fingerprint density at radius 2 is 1.84 bits per heavy atom. The normalized spacial score (nSPS) is 19.8. The highest BCUT2D eigenvalue weighted by Crippen LogP contribution is 2.30. The molecule has 19 heavy (non-hydrogen) atoms. The fourth-order valence-electron chi connectivity index (χ4n) is 1.53. The Labute approximate surface area is 116 Å². The third-order valence-corrected chi connectivity index (χ3v) is 3.14. The minimum Gasteiger partial charge on any atom is -0.181 e. The van der Waals surface area contributed by atoms with Crippen LogP contribution in [0.5, 0.6) is 0 Å². The molecule has 100 valence electrons. The molecule has 2 rings (SSSR count). The van der Waals surface area contributed by atoms with Gasteiger partial charge < -0.3 is 0 Å². The summed E-state index contributed by atoms with van der Waals surface area (Å²) < 4.78 is 38.1. The van der Waals surface area contributed by atoms with Crippen molar-refractivity contribution in [2.75, 3.05) is 0 Å². The smallest absolute Gasteiger partial charge is 0.181 e. The maximum absolute atomic E-state index is 12.4. The second-order valence-corrected chi connectivity index (χ2v) is 4.93. The van der Waals surface area contributed by atoms with E-state index in [1.165, 1.54) is 12.1 Å². The van der Waals surface area contributed by atoms with E-state index in [2.05, 4.69) is 26.2 Å². The number of allylic oxidation sites excluding steroid dienone is 2. The minimum atomic E-state index is -4.32. The first-order chi connectivity index (χ1) is 8.95. The molecule has 0 spiro atoms. The zero-order chi connectivity index (χ0) is 13.9. The van der Waals surface area contributed by atoms with E-state index in [-0.39, 0.29) is 6.04 Å².